The molecule has 2 heterocycles. The van der Waals surface area contributed by atoms with Gasteiger partial charge in [-0.15, -0.1) is 13.2 Å². The molecular weight excluding hydrogens is 537 g/mol. The SMILES string of the molecule is Cn1c(=O)n(CCCCCO)c(=O)c2c1nc(CCc1cccc(OC(F)(F)F)c1)n2Cc1ccc(Cl)cc1. The van der Waals surface area contributed by atoms with Crippen molar-refractivity contribution in [3.05, 3.63) is 91.3 Å². The van der Waals surface area contributed by atoms with Crippen LogP contribution in [0.4, 0.5) is 13.2 Å². The molecule has 39 heavy (non-hydrogen) atoms. The first-order chi connectivity index (χ1) is 18.6. The van der Waals surface area contributed by atoms with Gasteiger partial charge in [0.25, 0.3) is 5.56 Å². The summed E-state index contributed by atoms with van der Waals surface area (Å²) >= 11 is 6.04. The highest BCUT2D eigenvalue weighted by Gasteiger charge is 2.31. The zero-order valence-electron chi connectivity index (χ0n) is 21.2. The molecule has 0 saturated carbocycles. The third kappa shape index (κ3) is 6.90. The number of aliphatic hydroxyl groups is 1. The van der Waals surface area contributed by atoms with E-state index in [1.807, 2.05) is 12.1 Å². The van der Waals surface area contributed by atoms with Gasteiger partial charge in [0, 0.05) is 38.2 Å². The van der Waals surface area contributed by atoms with Crippen LogP contribution in [0.15, 0.2) is 58.1 Å². The summed E-state index contributed by atoms with van der Waals surface area (Å²) in [5.41, 5.74) is 0.981. The lowest BCUT2D eigenvalue weighted by Gasteiger charge is -2.12. The molecule has 2 aromatic carbocycles. The number of imidazole rings is 1. The summed E-state index contributed by atoms with van der Waals surface area (Å²) in [6, 6.07) is 12.8. The number of unbranched alkanes of at least 4 members (excludes halogenated alkanes) is 2. The van der Waals surface area contributed by atoms with E-state index < -0.39 is 17.6 Å². The molecule has 4 rings (SSSR count). The van der Waals surface area contributed by atoms with Gasteiger partial charge < -0.3 is 14.4 Å². The zero-order valence-corrected chi connectivity index (χ0v) is 22.0. The van der Waals surface area contributed by atoms with Crippen molar-refractivity contribution in [2.45, 2.75) is 51.6 Å². The fourth-order valence-corrected chi connectivity index (χ4v) is 4.59. The Morgan fingerprint density at radius 3 is 2.41 bits per heavy atom. The summed E-state index contributed by atoms with van der Waals surface area (Å²) in [5, 5.41) is 9.60. The van der Waals surface area contributed by atoms with Crippen molar-refractivity contribution in [1.29, 1.82) is 0 Å². The van der Waals surface area contributed by atoms with Gasteiger partial charge in [0.1, 0.15) is 11.6 Å². The predicted molar refractivity (Wildman–Crippen MR) is 141 cm³/mol. The molecule has 0 fully saturated rings. The van der Waals surface area contributed by atoms with E-state index in [2.05, 4.69) is 9.72 Å². The van der Waals surface area contributed by atoms with Crippen LogP contribution in [0.25, 0.3) is 11.2 Å². The first kappa shape index (κ1) is 28.4. The van der Waals surface area contributed by atoms with E-state index in [0.717, 1.165) is 5.56 Å². The van der Waals surface area contributed by atoms with E-state index in [1.54, 1.807) is 29.8 Å². The summed E-state index contributed by atoms with van der Waals surface area (Å²) in [6.07, 6.45) is -2.39. The summed E-state index contributed by atoms with van der Waals surface area (Å²) in [4.78, 5) is 31.2. The average Bonchev–Trinajstić information content (AvgIpc) is 3.24. The fraction of sp³-hybridized carbons (Fsp3) is 0.370. The third-order valence-electron chi connectivity index (χ3n) is 6.37. The highest BCUT2D eigenvalue weighted by atomic mass is 35.5. The predicted octanol–water partition coefficient (Wildman–Crippen LogP) is 4.44. The van der Waals surface area contributed by atoms with Gasteiger partial charge in [0.05, 0.1) is 0 Å². The highest BCUT2D eigenvalue weighted by Crippen LogP contribution is 2.24. The lowest BCUT2D eigenvalue weighted by molar-refractivity contribution is -0.274. The van der Waals surface area contributed by atoms with E-state index in [9.17, 15) is 22.8 Å². The van der Waals surface area contributed by atoms with Gasteiger partial charge >= 0.3 is 12.1 Å². The molecular formula is C27H28ClF3N4O4. The van der Waals surface area contributed by atoms with Gasteiger partial charge in [-0.2, -0.15) is 0 Å². The first-order valence-electron chi connectivity index (χ1n) is 12.5. The van der Waals surface area contributed by atoms with E-state index in [0.29, 0.717) is 48.5 Å². The van der Waals surface area contributed by atoms with Crippen LogP contribution in [0.3, 0.4) is 0 Å². The number of alkyl halides is 3. The first-order valence-corrected chi connectivity index (χ1v) is 12.8. The number of hydrogen-bond acceptors (Lipinski definition) is 5. The minimum absolute atomic E-state index is 0.0361. The van der Waals surface area contributed by atoms with Crippen molar-refractivity contribution in [3.8, 4) is 5.75 Å². The molecule has 0 radical (unpaired) electrons. The lowest BCUT2D eigenvalue weighted by Crippen LogP contribution is -2.39. The molecule has 12 heteroatoms. The van der Waals surface area contributed by atoms with E-state index >= 15 is 0 Å². The van der Waals surface area contributed by atoms with Gasteiger partial charge in [-0.25, -0.2) is 9.78 Å². The van der Waals surface area contributed by atoms with Crippen LogP contribution in [-0.2, 0) is 33.0 Å². The second kappa shape index (κ2) is 12.1. The van der Waals surface area contributed by atoms with E-state index in [-0.39, 0.29) is 36.6 Å². The molecule has 4 aromatic rings. The van der Waals surface area contributed by atoms with Crippen molar-refractivity contribution in [2.24, 2.45) is 7.05 Å². The second-order valence-corrected chi connectivity index (χ2v) is 9.63. The van der Waals surface area contributed by atoms with Gasteiger partial charge in [-0.3, -0.25) is 13.9 Å². The normalized spacial score (nSPS) is 11.8. The molecule has 0 spiro atoms. The van der Waals surface area contributed by atoms with Crippen molar-refractivity contribution < 1.29 is 23.0 Å². The van der Waals surface area contributed by atoms with Crippen molar-refractivity contribution in [1.82, 2.24) is 18.7 Å². The van der Waals surface area contributed by atoms with Crippen molar-refractivity contribution >= 4 is 22.8 Å². The maximum Gasteiger partial charge on any atom is 0.573 e. The Morgan fingerprint density at radius 2 is 1.72 bits per heavy atom. The molecule has 1 N–H and O–H groups in total. The standard InChI is InChI=1S/C27H28ClF3N4O4/c1-33-24-23(25(37)34(26(33)38)14-3-2-4-15-36)35(17-19-8-11-20(28)12-9-19)22(32-24)13-10-18-6-5-7-21(16-18)39-27(29,30)31/h5-9,11-12,16,36H,2-4,10,13-15,17H2,1H3. The van der Waals surface area contributed by atoms with Crippen molar-refractivity contribution in [2.75, 3.05) is 6.61 Å². The molecule has 8 nitrogen and oxygen atoms in total. The molecule has 0 saturated heterocycles. The number of halogens is 4. The maximum absolute atomic E-state index is 13.6. The van der Waals surface area contributed by atoms with Crippen LogP contribution in [0.2, 0.25) is 5.02 Å². The molecule has 0 bridgehead atoms. The Morgan fingerprint density at radius 1 is 0.974 bits per heavy atom. The zero-order chi connectivity index (χ0) is 28.2. The molecule has 0 amide bonds. The number of rotatable bonds is 11. The van der Waals surface area contributed by atoms with Crippen LogP contribution in [0, 0.1) is 0 Å². The molecule has 0 atom stereocenters. The number of hydrogen-bond donors (Lipinski definition) is 1. The van der Waals surface area contributed by atoms with Gasteiger partial charge in [-0.1, -0.05) is 35.9 Å². The van der Waals surface area contributed by atoms with Gasteiger partial charge in [-0.05, 0) is 61.1 Å². The summed E-state index contributed by atoms with van der Waals surface area (Å²) < 4.78 is 46.3. The summed E-state index contributed by atoms with van der Waals surface area (Å²) in [5.74, 6) is 0.188. The minimum Gasteiger partial charge on any atom is -0.406 e. The quantitative estimate of drug-likeness (QED) is 0.272. The van der Waals surface area contributed by atoms with Crippen LogP contribution in [0.5, 0.6) is 5.75 Å². The Kier molecular flexibility index (Phi) is 8.81. The van der Waals surface area contributed by atoms with E-state index in [1.165, 1.54) is 27.3 Å². The smallest absolute Gasteiger partial charge is 0.406 e. The van der Waals surface area contributed by atoms with Crippen LogP contribution in [0.1, 0.15) is 36.2 Å². The Balaban J connectivity index is 1.74. The maximum atomic E-state index is 13.6. The number of ether oxygens (including phenoxy) is 1. The van der Waals surface area contributed by atoms with Crippen LogP contribution >= 0.6 is 11.6 Å². The Labute approximate surface area is 226 Å². The molecule has 0 unspecified atom stereocenters. The van der Waals surface area contributed by atoms with Crippen LogP contribution in [-0.4, -0.2) is 36.8 Å². The number of aliphatic hydroxyl groups excluding tert-OH is 1. The van der Waals surface area contributed by atoms with Crippen LogP contribution < -0.4 is 16.0 Å². The number of benzene rings is 2. The Bertz CT molecular complexity index is 1560. The molecule has 208 valence electrons. The third-order valence-corrected chi connectivity index (χ3v) is 6.63. The largest absolute Gasteiger partial charge is 0.573 e. The minimum atomic E-state index is -4.80. The topological polar surface area (TPSA) is 91.3 Å². The number of nitrogens with zero attached hydrogens (tertiary/aromatic N) is 4. The monoisotopic (exact) mass is 564 g/mol. The van der Waals surface area contributed by atoms with Gasteiger partial charge in [0.2, 0.25) is 0 Å². The second-order valence-electron chi connectivity index (χ2n) is 9.19. The lowest BCUT2D eigenvalue weighted by atomic mass is 10.1. The molecule has 0 aliphatic heterocycles. The Hall–Kier alpha value is -3.57. The number of aromatic nitrogens is 4. The van der Waals surface area contributed by atoms with Crippen molar-refractivity contribution in [3.63, 3.8) is 0 Å². The molecule has 0 aliphatic carbocycles. The summed E-state index contributed by atoms with van der Waals surface area (Å²) in [6.45, 7) is 0.515. The van der Waals surface area contributed by atoms with Gasteiger partial charge in [0.15, 0.2) is 11.2 Å². The average molecular weight is 565 g/mol. The molecule has 0 aliphatic rings. The van der Waals surface area contributed by atoms with E-state index in [4.69, 9.17) is 16.7 Å². The fourth-order valence-electron chi connectivity index (χ4n) is 4.46. The summed E-state index contributed by atoms with van der Waals surface area (Å²) in [7, 11) is 1.55. The number of aryl methyl sites for hydroxylation is 3. The highest BCUT2D eigenvalue weighted by molar-refractivity contribution is 6.30. The molecule has 2 aromatic heterocycles. The number of fused-ring (bicyclic) bond motifs is 1.